The fourth-order valence-electron chi connectivity index (χ4n) is 2.88. The summed E-state index contributed by atoms with van der Waals surface area (Å²) in [5.74, 6) is -2.87. The fourth-order valence-corrected chi connectivity index (χ4v) is 2.88. The van der Waals surface area contributed by atoms with Crippen LogP contribution in [0.4, 0.5) is 4.39 Å². The van der Waals surface area contributed by atoms with Crippen LogP contribution in [0.5, 0.6) is 0 Å². The van der Waals surface area contributed by atoms with Gasteiger partial charge in [0, 0.05) is 17.3 Å². The molecule has 5 N–H and O–H groups in total. The number of primary amides is 1. The molecule has 0 radical (unpaired) electrons. The molecule has 2 rings (SSSR count). The number of para-hydroxylation sites is 1. The maximum absolute atomic E-state index is 12.8. The van der Waals surface area contributed by atoms with Crippen LogP contribution < -0.4 is 16.5 Å². The molecule has 30 heavy (non-hydrogen) atoms. The lowest BCUT2D eigenvalue weighted by Gasteiger charge is -2.26. The van der Waals surface area contributed by atoms with Crippen LogP contribution in [0.1, 0.15) is 37.2 Å². The van der Waals surface area contributed by atoms with E-state index in [9.17, 15) is 23.6 Å². The molecule has 9 nitrogen and oxygen atoms in total. The minimum atomic E-state index is -1.35. The van der Waals surface area contributed by atoms with Gasteiger partial charge >= 0.3 is 0 Å². The highest BCUT2D eigenvalue weighted by molar-refractivity contribution is 6.00. The van der Waals surface area contributed by atoms with Crippen molar-refractivity contribution in [3.05, 3.63) is 36.0 Å². The van der Waals surface area contributed by atoms with Gasteiger partial charge in [-0.15, -0.1) is 0 Å². The highest BCUT2D eigenvalue weighted by atomic mass is 19.1. The number of aromatic nitrogens is 1. The molecule has 0 aliphatic heterocycles. The van der Waals surface area contributed by atoms with Crippen LogP contribution >= 0.6 is 0 Å². The van der Waals surface area contributed by atoms with E-state index in [0.717, 1.165) is 10.9 Å². The maximum Gasteiger partial charge on any atom is 0.272 e. The summed E-state index contributed by atoms with van der Waals surface area (Å²) in [5.41, 5.74) is 8.40. The number of benzene rings is 1. The zero-order chi connectivity index (χ0) is 22.3. The molecule has 1 heterocycles. The lowest BCUT2D eigenvalue weighted by molar-refractivity contribution is -0.143. The summed E-state index contributed by atoms with van der Waals surface area (Å²) in [6.45, 7) is 2.11. The molecule has 0 saturated carbocycles. The average molecular weight is 419 g/mol. The van der Waals surface area contributed by atoms with Crippen LogP contribution in [0.3, 0.4) is 0 Å². The summed E-state index contributed by atoms with van der Waals surface area (Å²) in [6.07, 6.45) is 0.0353. The Morgan fingerprint density at radius 1 is 1.20 bits per heavy atom. The Morgan fingerprint density at radius 3 is 2.50 bits per heavy atom. The smallest absolute Gasteiger partial charge is 0.272 e. The number of alkyl halides is 1. The number of halogens is 1. The summed E-state index contributed by atoms with van der Waals surface area (Å²) in [4.78, 5) is 51.1. The normalized spacial score (nSPS) is 11.9. The van der Waals surface area contributed by atoms with E-state index in [1.807, 2.05) is 38.1 Å². The van der Waals surface area contributed by atoms with Crippen LogP contribution in [-0.2, 0) is 14.4 Å². The van der Waals surface area contributed by atoms with E-state index in [0.29, 0.717) is 5.01 Å². The van der Waals surface area contributed by atoms with Gasteiger partial charge in [0.2, 0.25) is 5.91 Å². The molecule has 0 unspecified atom stereocenters. The Balaban J connectivity index is 2.13. The van der Waals surface area contributed by atoms with Crippen LogP contribution in [0.2, 0.25) is 0 Å². The van der Waals surface area contributed by atoms with Crippen LogP contribution in [0, 0.1) is 5.92 Å². The molecule has 0 spiro atoms. The summed E-state index contributed by atoms with van der Waals surface area (Å²) >= 11 is 0. The van der Waals surface area contributed by atoms with Crippen molar-refractivity contribution in [3.63, 3.8) is 0 Å². The number of nitrogens with zero attached hydrogens (tertiary/aromatic N) is 1. The van der Waals surface area contributed by atoms with Crippen LogP contribution in [-0.4, -0.2) is 52.9 Å². The molecule has 0 saturated heterocycles. The molecule has 10 heteroatoms. The first-order chi connectivity index (χ1) is 14.2. The van der Waals surface area contributed by atoms with Crippen molar-refractivity contribution in [2.75, 3.05) is 13.2 Å². The Hall–Kier alpha value is -3.43. The quantitative estimate of drug-likeness (QED) is 0.451. The molecular formula is C20H26FN5O4. The first-order valence-electron chi connectivity index (χ1n) is 9.55. The summed E-state index contributed by atoms with van der Waals surface area (Å²) in [6, 6.07) is 8.03. The minimum Gasteiger partial charge on any atom is -0.370 e. The molecular weight excluding hydrogens is 393 g/mol. The number of carbonyl (C=O) groups is 4. The van der Waals surface area contributed by atoms with E-state index in [-0.39, 0.29) is 31.0 Å². The number of rotatable bonds is 9. The van der Waals surface area contributed by atoms with Gasteiger partial charge < -0.3 is 16.0 Å². The molecule has 0 fully saturated rings. The number of H-pyrrole nitrogens is 1. The van der Waals surface area contributed by atoms with Crippen LogP contribution in [0.25, 0.3) is 10.9 Å². The zero-order valence-electron chi connectivity index (χ0n) is 16.9. The third-order valence-electron chi connectivity index (χ3n) is 4.35. The molecule has 1 aromatic carbocycles. The van der Waals surface area contributed by atoms with Crippen LogP contribution in [0.15, 0.2) is 30.3 Å². The Bertz CT molecular complexity index is 894. The van der Waals surface area contributed by atoms with Gasteiger partial charge in [0.25, 0.3) is 17.7 Å². The second-order valence-corrected chi connectivity index (χ2v) is 7.30. The topological polar surface area (TPSA) is 137 Å². The summed E-state index contributed by atoms with van der Waals surface area (Å²) in [5, 5.41) is 4.20. The van der Waals surface area contributed by atoms with Gasteiger partial charge in [-0.1, -0.05) is 32.0 Å². The number of carbonyl (C=O) groups excluding carboxylic acids is 4. The van der Waals surface area contributed by atoms with E-state index >= 15 is 0 Å². The number of hydrazine groups is 1. The lowest BCUT2D eigenvalue weighted by Crippen LogP contribution is -2.55. The van der Waals surface area contributed by atoms with Gasteiger partial charge in [-0.25, -0.2) is 4.39 Å². The van der Waals surface area contributed by atoms with E-state index in [1.54, 1.807) is 6.07 Å². The summed E-state index contributed by atoms with van der Waals surface area (Å²) in [7, 11) is 0. The summed E-state index contributed by atoms with van der Waals surface area (Å²) < 4.78 is 12.8. The Labute approximate surface area is 173 Å². The molecule has 1 atom stereocenters. The number of hydrogen-bond donors (Lipinski definition) is 4. The number of aromatic amines is 1. The van der Waals surface area contributed by atoms with Gasteiger partial charge in [0.15, 0.2) is 6.67 Å². The zero-order valence-corrected chi connectivity index (χ0v) is 16.9. The second-order valence-electron chi connectivity index (χ2n) is 7.30. The highest BCUT2D eigenvalue weighted by Crippen LogP contribution is 2.15. The predicted octanol–water partition coefficient (Wildman–Crippen LogP) is 1.02. The minimum absolute atomic E-state index is 0.0414. The van der Waals surface area contributed by atoms with Crippen molar-refractivity contribution in [1.82, 2.24) is 20.7 Å². The molecule has 162 valence electrons. The lowest BCUT2D eigenvalue weighted by atomic mass is 10.0. The Morgan fingerprint density at radius 2 is 1.90 bits per heavy atom. The largest absolute Gasteiger partial charge is 0.370 e. The van der Waals surface area contributed by atoms with E-state index in [2.05, 4.69) is 15.7 Å². The monoisotopic (exact) mass is 419 g/mol. The number of hydrogen-bond acceptors (Lipinski definition) is 4. The van der Waals surface area contributed by atoms with Crippen molar-refractivity contribution in [1.29, 1.82) is 0 Å². The molecule has 4 amide bonds. The van der Waals surface area contributed by atoms with Gasteiger partial charge in [0.1, 0.15) is 11.7 Å². The number of nitrogens with two attached hydrogens (primary N) is 1. The van der Waals surface area contributed by atoms with Crippen molar-refractivity contribution < 1.29 is 23.6 Å². The van der Waals surface area contributed by atoms with Crippen molar-refractivity contribution >= 4 is 34.5 Å². The average Bonchev–Trinajstić information content (AvgIpc) is 3.13. The van der Waals surface area contributed by atoms with E-state index in [1.165, 1.54) is 0 Å². The maximum atomic E-state index is 12.8. The highest BCUT2D eigenvalue weighted by Gasteiger charge is 2.26. The number of amides is 4. The Kier molecular flexibility index (Phi) is 7.90. The first-order valence-corrected chi connectivity index (χ1v) is 9.55. The molecule has 2 aromatic rings. The van der Waals surface area contributed by atoms with Gasteiger partial charge in [-0.05, 0) is 24.5 Å². The SMILES string of the molecule is CC(C)C[C@H](NC(=O)c1cc2ccccc2[nH]1)C(=O)NN(CCC(N)=O)C(=O)CF. The molecule has 0 aliphatic rings. The third-order valence-corrected chi connectivity index (χ3v) is 4.35. The number of fused-ring (bicyclic) bond motifs is 1. The molecule has 0 bridgehead atoms. The standard InChI is InChI=1S/C20H26FN5O4/c1-12(2)9-15(20(30)25-26(18(28)11-21)8-7-17(22)27)24-19(29)16-10-13-5-3-4-6-14(13)23-16/h3-6,10,12,15,23H,7-9,11H2,1-2H3,(H2,22,27)(H,24,29)(H,25,30)/t15-/m0/s1. The predicted molar refractivity (Wildman–Crippen MR) is 109 cm³/mol. The molecule has 0 aliphatic carbocycles. The second kappa shape index (κ2) is 10.4. The fraction of sp³-hybridized carbons (Fsp3) is 0.400. The van der Waals surface area contributed by atoms with Gasteiger partial charge in [0.05, 0.1) is 6.54 Å². The molecule has 1 aromatic heterocycles. The van der Waals surface area contributed by atoms with Crippen molar-refractivity contribution in [2.45, 2.75) is 32.7 Å². The van der Waals surface area contributed by atoms with Gasteiger partial charge in [-0.3, -0.25) is 29.6 Å². The first kappa shape index (κ1) is 22.9. The van der Waals surface area contributed by atoms with Crippen molar-refractivity contribution in [2.24, 2.45) is 11.7 Å². The van der Waals surface area contributed by atoms with E-state index < -0.39 is 36.3 Å². The third kappa shape index (κ3) is 6.29. The van der Waals surface area contributed by atoms with E-state index in [4.69, 9.17) is 5.73 Å². The van der Waals surface area contributed by atoms with Crippen molar-refractivity contribution in [3.8, 4) is 0 Å². The van der Waals surface area contributed by atoms with Gasteiger partial charge in [-0.2, -0.15) is 0 Å². The number of nitrogens with one attached hydrogen (secondary N) is 3.